The summed E-state index contributed by atoms with van der Waals surface area (Å²) in [7, 11) is 3.98. The maximum atomic E-state index is 10.4. The van der Waals surface area contributed by atoms with Gasteiger partial charge in [0.15, 0.2) is 0 Å². The molecule has 0 bridgehead atoms. The molecule has 3 rings (SSSR count). The molecule has 0 amide bonds. The average molecular weight is 279 g/mol. The second-order valence-corrected chi connectivity index (χ2v) is 5.92. The number of benzene rings is 3. The highest BCUT2D eigenvalue weighted by atomic mass is 16.3. The zero-order chi connectivity index (χ0) is 14.8. The molecule has 2 heteroatoms. The van der Waals surface area contributed by atoms with Crippen LogP contribution in [-0.2, 0) is 6.42 Å². The van der Waals surface area contributed by atoms with Gasteiger partial charge in [0.05, 0.1) is 6.10 Å². The molecular weight excluding hydrogens is 258 g/mol. The van der Waals surface area contributed by atoms with Crippen molar-refractivity contribution < 1.29 is 5.11 Å². The van der Waals surface area contributed by atoms with Crippen molar-refractivity contribution in [1.82, 2.24) is 4.90 Å². The maximum absolute atomic E-state index is 10.4. The van der Waals surface area contributed by atoms with E-state index in [1.807, 2.05) is 19.0 Å². The van der Waals surface area contributed by atoms with Gasteiger partial charge in [-0.25, -0.2) is 0 Å². The monoisotopic (exact) mass is 279 g/mol. The second-order valence-electron chi connectivity index (χ2n) is 5.92. The van der Waals surface area contributed by atoms with Crippen LogP contribution in [0, 0.1) is 0 Å². The van der Waals surface area contributed by atoms with Crippen LogP contribution in [0.1, 0.15) is 5.56 Å². The first kappa shape index (κ1) is 14.1. The summed E-state index contributed by atoms with van der Waals surface area (Å²) in [5, 5.41) is 15.3. The van der Waals surface area contributed by atoms with Crippen LogP contribution in [0.4, 0.5) is 0 Å². The molecule has 0 aliphatic heterocycles. The van der Waals surface area contributed by atoms with E-state index in [0.29, 0.717) is 13.0 Å². The number of likely N-dealkylation sites (N-methyl/N-ethyl adjacent to an activating group) is 1. The first-order valence-corrected chi connectivity index (χ1v) is 7.37. The molecule has 1 N–H and O–H groups in total. The molecule has 2 nitrogen and oxygen atoms in total. The Morgan fingerprint density at radius 3 is 1.95 bits per heavy atom. The maximum Gasteiger partial charge on any atom is 0.0707 e. The molecule has 0 spiro atoms. The van der Waals surface area contributed by atoms with Crippen molar-refractivity contribution in [2.75, 3.05) is 20.6 Å². The van der Waals surface area contributed by atoms with E-state index < -0.39 is 0 Å². The van der Waals surface area contributed by atoms with Crippen LogP contribution < -0.4 is 0 Å². The van der Waals surface area contributed by atoms with Crippen molar-refractivity contribution in [1.29, 1.82) is 0 Å². The topological polar surface area (TPSA) is 23.5 Å². The van der Waals surface area contributed by atoms with Gasteiger partial charge in [-0.3, -0.25) is 0 Å². The summed E-state index contributed by atoms with van der Waals surface area (Å²) < 4.78 is 0. The third kappa shape index (κ3) is 2.92. The van der Waals surface area contributed by atoms with Crippen LogP contribution in [-0.4, -0.2) is 36.8 Å². The van der Waals surface area contributed by atoms with Crippen molar-refractivity contribution in [3.63, 3.8) is 0 Å². The fourth-order valence-corrected chi connectivity index (χ4v) is 3.05. The predicted octanol–water partition coefficient (Wildman–Crippen LogP) is 3.46. The van der Waals surface area contributed by atoms with Gasteiger partial charge >= 0.3 is 0 Å². The van der Waals surface area contributed by atoms with Crippen LogP contribution in [0.15, 0.2) is 54.6 Å². The Kier molecular flexibility index (Phi) is 3.91. The van der Waals surface area contributed by atoms with Crippen molar-refractivity contribution >= 4 is 21.5 Å². The highest BCUT2D eigenvalue weighted by molar-refractivity contribution is 6.02. The highest BCUT2D eigenvalue weighted by Gasteiger charge is 2.12. The van der Waals surface area contributed by atoms with Crippen molar-refractivity contribution in [2.45, 2.75) is 12.5 Å². The molecule has 0 heterocycles. The first-order valence-electron chi connectivity index (χ1n) is 7.37. The van der Waals surface area contributed by atoms with E-state index in [4.69, 9.17) is 0 Å². The van der Waals surface area contributed by atoms with Gasteiger partial charge in [0.2, 0.25) is 0 Å². The predicted molar refractivity (Wildman–Crippen MR) is 89.7 cm³/mol. The Labute approximate surface area is 125 Å². The van der Waals surface area contributed by atoms with Crippen LogP contribution in [0.25, 0.3) is 21.5 Å². The number of rotatable bonds is 4. The number of aliphatic hydroxyl groups excluding tert-OH is 1. The SMILES string of the molecule is CN(C)CC(O)Cc1c2ccccc2cc2ccccc12. The Morgan fingerprint density at radius 1 is 0.905 bits per heavy atom. The third-order valence-electron chi connectivity index (χ3n) is 3.90. The fraction of sp³-hybridized carbons (Fsp3) is 0.263. The number of hydrogen-bond donors (Lipinski definition) is 1. The molecule has 0 saturated heterocycles. The normalized spacial score (nSPS) is 13.1. The summed E-state index contributed by atoms with van der Waals surface area (Å²) in [5.41, 5.74) is 1.25. The van der Waals surface area contributed by atoms with Crippen LogP contribution in [0.3, 0.4) is 0 Å². The van der Waals surface area contributed by atoms with Gasteiger partial charge in [0.1, 0.15) is 0 Å². The summed E-state index contributed by atoms with van der Waals surface area (Å²) in [6.07, 6.45) is 0.328. The minimum atomic E-state index is -0.353. The molecule has 0 fully saturated rings. The molecule has 1 atom stereocenters. The molecule has 0 radical (unpaired) electrons. The molecule has 0 aromatic heterocycles. The Hall–Kier alpha value is -1.90. The van der Waals surface area contributed by atoms with Gasteiger partial charge in [0, 0.05) is 13.0 Å². The number of aliphatic hydroxyl groups is 1. The van der Waals surface area contributed by atoms with Gasteiger partial charge in [0.25, 0.3) is 0 Å². The Balaban J connectivity index is 2.15. The van der Waals surface area contributed by atoms with Crippen molar-refractivity contribution in [3.8, 4) is 0 Å². The molecule has 3 aromatic rings. The zero-order valence-corrected chi connectivity index (χ0v) is 12.6. The van der Waals surface area contributed by atoms with E-state index in [2.05, 4.69) is 54.6 Å². The molecule has 0 aliphatic rings. The fourth-order valence-electron chi connectivity index (χ4n) is 3.05. The minimum Gasteiger partial charge on any atom is -0.391 e. The second kappa shape index (κ2) is 5.84. The summed E-state index contributed by atoms with van der Waals surface area (Å²) in [5.74, 6) is 0. The largest absolute Gasteiger partial charge is 0.391 e. The molecule has 0 saturated carbocycles. The van der Waals surface area contributed by atoms with Gasteiger partial charge < -0.3 is 10.0 Å². The van der Waals surface area contributed by atoms with Gasteiger partial charge in [-0.05, 0) is 47.3 Å². The van der Waals surface area contributed by atoms with E-state index in [1.165, 1.54) is 27.1 Å². The van der Waals surface area contributed by atoms with Crippen LogP contribution in [0.5, 0.6) is 0 Å². The van der Waals surface area contributed by atoms with E-state index in [1.54, 1.807) is 0 Å². The van der Waals surface area contributed by atoms with E-state index in [9.17, 15) is 5.11 Å². The van der Waals surface area contributed by atoms with E-state index >= 15 is 0 Å². The Morgan fingerprint density at radius 2 is 1.43 bits per heavy atom. The third-order valence-corrected chi connectivity index (χ3v) is 3.90. The zero-order valence-electron chi connectivity index (χ0n) is 12.6. The molecule has 1 unspecified atom stereocenters. The van der Waals surface area contributed by atoms with E-state index in [-0.39, 0.29) is 6.10 Å². The quantitative estimate of drug-likeness (QED) is 0.739. The molecule has 3 aromatic carbocycles. The van der Waals surface area contributed by atoms with Crippen LogP contribution in [0.2, 0.25) is 0 Å². The first-order chi connectivity index (χ1) is 10.1. The lowest BCUT2D eigenvalue weighted by atomic mass is 9.93. The number of nitrogens with zero attached hydrogens (tertiary/aromatic N) is 1. The summed E-state index contributed by atoms with van der Waals surface area (Å²) >= 11 is 0. The van der Waals surface area contributed by atoms with Gasteiger partial charge in [-0.15, -0.1) is 0 Å². The summed E-state index contributed by atoms with van der Waals surface area (Å²) in [4.78, 5) is 2.03. The standard InChI is InChI=1S/C19H21NO/c1-20(2)13-16(21)12-19-17-9-5-3-7-14(17)11-15-8-4-6-10-18(15)19/h3-11,16,21H,12-13H2,1-2H3. The highest BCUT2D eigenvalue weighted by Crippen LogP contribution is 2.29. The summed E-state index contributed by atoms with van der Waals surface area (Å²) in [6, 6.07) is 19.1. The van der Waals surface area contributed by atoms with Crippen LogP contribution >= 0.6 is 0 Å². The molecular formula is C19H21NO. The smallest absolute Gasteiger partial charge is 0.0707 e. The molecule has 0 aliphatic carbocycles. The van der Waals surface area contributed by atoms with Crippen molar-refractivity contribution in [3.05, 3.63) is 60.2 Å². The number of hydrogen-bond acceptors (Lipinski definition) is 2. The lowest BCUT2D eigenvalue weighted by Gasteiger charge is -2.18. The molecule has 108 valence electrons. The number of fused-ring (bicyclic) bond motifs is 2. The minimum absolute atomic E-state index is 0.353. The van der Waals surface area contributed by atoms with Gasteiger partial charge in [-0.1, -0.05) is 48.5 Å². The molecule has 21 heavy (non-hydrogen) atoms. The lowest BCUT2D eigenvalue weighted by Crippen LogP contribution is -2.27. The van der Waals surface area contributed by atoms with Crippen molar-refractivity contribution in [2.24, 2.45) is 0 Å². The average Bonchev–Trinajstić information content (AvgIpc) is 2.46. The van der Waals surface area contributed by atoms with Gasteiger partial charge in [-0.2, -0.15) is 0 Å². The van der Waals surface area contributed by atoms with E-state index in [0.717, 1.165) is 0 Å². The summed E-state index contributed by atoms with van der Waals surface area (Å²) in [6.45, 7) is 0.678. The lowest BCUT2D eigenvalue weighted by molar-refractivity contribution is 0.137. The Bertz CT molecular complexity index is 710.